The van der Waals surface area contributed by atoms with Crippen molar-refractivity contribution in [1.82, 2.24) is 4.57 Å². The van der Waals surface area contributed by atoms with Crippen LogP contribution in [-0.2, 0) is 6.42 Å². The first kappa shape index (κ1) is 13.0. The molecule has 0 fully saturated rings. The van der Waals surface area contributed by atoms with Crippen LogP contribution in [0.4, 0.5) is 0 Å². The van der Waals surface area contributed by atoms with E-state index in [9.17, 15) is 0 Å². The summed E-state index contributed by atoms with van der Waals surface area (Å²) in [7, 11) is 0. The van der Waals surface area contributed by atoms with Crippen molar-refractivity contribution in [3.05, 3.63) is 90.1 Å². The van der Waals surface area contributed by atoms with Gasteiger partial charge >= 0.3 is 0 Å². The van der Waals surface area contributed by atoms with Gasteiger partial charge in [-0.05, 0) is 51.6 Å². The zero-order valence-electron chi connectivity index (χ0n) is 14.2. The highest BCUT2D eigenvalue weighted by molar-refractivity contribution is 6.12. The van der Waals surface area contributed by atoms with E-state index < -0.39 is 0 Å². The minimum Gasteiger partial charge on any atom is -0.315 e. The van der Waals surface area contributed by atoms with Gasteiger partial charge in [0.25, 0.3) is 0 Å². The van der Waals surface area contributed by atoms with Gasteiger partial charge in [-0.25, -0.2) is 0 Å². The highest BCUT2D eigenvalue weighted by Crippen LogP contribution is 2.51. The van der Waals surface area contributed by atoms with Crippen LogP contribution in [0, 0.1) is 0 Å². The van der Waals surface area contributed by atoms with Crippen LogP contribution in [0.1, 0.15) is 11.1 Å². The Morgan fingerprint density at radius 2 is 1.50 bits per heavy atom. The standard InChI is InChI=1S/C25H15N/c1-2-6-19-15(4-1)10-11-21-24(19)20-7-3-5-17-14-18-9-8-16-12-13-26(21)25(16)23(18)22(17)20/h1-13H,14H2. The summed E-state index contributed by atoms with van der Waals surface area (Å²) < 4.78 is 2.41. The molecule has 1 nitrogen and oxygen atoms in total. The molecule has 1 aliphatic heterocycles. The van der Waals surface area contributed by atoms with E-state index in [1.165, 1.54) is 60.7 Å². The average molecular weight is 329 g/mol. The maximum Gasteiger partial charge on any atom is 0.0610 e. The summed E-state index contributed by atoms with van der Waals surface area (Å²) in [6.45, 7) is 0. The van der Waals surface area contributed by atoms with Crippen LogP contribution < -0.4 is 0 Å². The number of hydrogen-bond donors (Lipinski definition) is 0. The normalized spacial score (nSPS) is 13.2. The Kier molecular flexibility index (Phi) is 2.12. The smallest absolute Gasteiger partial charge is 0.0610 e. The first-order valence-corrected chi connectivity index (χ1v) is 9.18. The van der Waals surface area contributed by atoms with Crippen molar-refractivity contribution in [1.29, 1.82) is 0 Å². The van der Waals surface area contributed by atoms with Crippen LogP contribution >= 0.6 is 0 Å². The van der Waals surface area contributed by atoms with Gasteiger partial charge in [-0.1, -0.05) is 60.7 Å². The van der Waals surface area contributed by atoms with Crippen molar-refractivity contribution in [3.8, 4) is 27.9 Å². The van der Waals surface area contributed by atoms with Crippen LogP contribution in [0.5, 0.6) is 0 Å². The predicted octanol–water partition coefficient (Wildman–Crippen LogP) is 6.34. The SMILES string of the molecule is c1cc2c3c(c1)-c1c(ccc4ccccc14)-n1ccc4ccc(c-3c41)C2. The number of fused-ring (bicyclic) bond motifs is 5. The number of rotatable bonds is 0. The molecule has 5 aromatic rings. The summed E-state index contributed by atoms with van der Waals surface area (Å²) >= 11 is 0. The molecule has 7 rings (SSSR count). The van der Waals surface area contributed by atoms with Crippen LogP contribution in [0.25, 0.3) is 49.6 Å². The zero-order chi connectivity index (χ0) is 16.8. The van der Waals surface area contributed by atoms with Gasteiger partial charge in [0, 0.05) is 22.7 Å². The van der Waals surface area contributed by atoms with E-state index in [0.717, 1.165) is 6.42 Å². The third-order valence-corrected chi connectivity index (χ3v) is 6.16. The molecule has 1 aliphatic carbocycles. The molecule has 26 heavy (non-hydrogen) atoms. The summed E-state index contributed by atoms with van der Waals surface area (Å²) in [4.78, 5) is 0. The zero-order valence-corrected chi connectivity index (χ0v) is 14.2. The maximum atomic E-state index is 2.41. The number of benzene rings is 4. The van der Waals surface area contributed by atoms with E-state index in [1.807, 2.05) is 0 Å². The van der Waals surface area contributed by atoms with E-state index in [1.54, 1.807) is 0 Å². The monoisotopic (exact) mass is 329 g/mol. The molecular formula is C25H15N. The van der Waals surface area contributed by atoms with Gasteiger partial charge in [-0.15, -0.1) is 0 Å². The van der Waals surface area contributed by atoms with Gasteiger partial charge < -0.3 is 4.57 Å². The quantitative estimate of drug-likeness (QED) is 0.306. The Bertz CT molecular complexity index is 1400. The first-order valence-electron chi connectivity index (χ1n) is 9.18. The van der Waals surface area contributed by atoms with Gasteiger partial charge in [0.05, 0.1) is 11.2 Å². The topological polar surface area (TPSA) is 4.93 Å². The second-order valence-corrected chi connectivity index (χ2v) is 7.42. The fourth-order valence-electron chi connectivity index (χ4n) is 5.10. The van der Waals surface area contributed by atoms with E-state index in [4.69, 9.17) is 0 Å². The van der Waals surface area contributed by atoms with Crippen LogP contribution in [0.3, 0.4) is 0 Å². The van der Waals surface area contributed by atoms with Crippen molar-refractivity contribution < 1.29 is 0 Å². The molecule has 120 valence electrons. The van der Waals surface area contributed by atoms with E-state index in [2.05, 4.69) is 83.6 Å². The number of hydrogen-bond acceptors (Lipinski definition) is 0. The Labute approximate surface area is 151 Å². The summed E-state index contributed by atoms with van der Waals surface area (Å²) in [5.41, 5.74) is 11.2. The summed E-state index contributed by atoms with van der Waals surface area (Å²) in [6, 6.07) is 27.0. The van der Waals surface area contributed by atoms with Gasteiger partial charge in [-0.2, -0.15) is 0 Å². The second kappa shape index (κ2) is 4.25. The highest BCUT2D eigenvalue weighted by atomic mass is 15.0. The molecule has 0 bridgehead atoms. The molecule has 2 heterocycles. The minimum atomic E-state index is 1.04. The van der Waals surface area contributed by atoms with Gasteiger partial charge in [0.15, 0.2) is 0 Å². The molecule has 1 heteroatoms. The number of aromatic nitrogens is 1. The molecule has 1 aromatic heterocycles. The van der Waals surface area contributed by atoms with Crippen molar-refractivity contribution in [2.24, 2.45) is 0 Å². The molecule has 0 saturated heterocycles. The molecule has 0 N–H and O–H groups in total. The van der Waals surface area contributed by atoms with Crippen LogP contribution in [0.15, 0.2) is 79.0 Å². The third-order valence-electron chi connectivity index (χ3n) is 6.16. The summed E-state index contributed by atoms with van der Waals surface area (Å²) in [5, 5.41) is 3.96. The summed E-state index contributed by atoms with van der Waals surface area (Å²) in [5.74, 6) is 0. The molecule has 0 radical (unpaired) electrons. The second-order valence-electron chi connectivity index (χ2n) is 7.42. The van der Waals surface area contributed by atoms with Crippen molar-refractivity contribution in [3.63, 3.8) is 0 Å². The van der Waals surface area contributed by atoms with Crippen LogP contribution in [0.2, 0.25) is 0 Å². The maximum absolute atomic E-state index is 2.41. The Morgan fingerprint density at radius 1 is 0.615 bits per heavy atom. The molecule has 0 unspecified atom stereocenters. The Morgan fingerprint density at radius 3 is 2.50 bits per heavy atom. The molecule has 0 spiro atoms. The largest absolute Gasteiger partial charge is 0.315 e. The summed E-state index contributed by atoms with van der Waals surface area (Å²) in [6.07, 6.45) is 3.28. The van der Waals surface area contributed by atoms with Gasteiger partial charge in [0.1, 0.15) is 0 Å². The lowest BCUT2D eigenvalue weighted by Gasteiger charge is -2.15. The minimum absolute atomic E-state index is 1.04. The molecule has 4 aromatic carbocycles. The molecule has 2 aliphatic rings. The highest BCUT2D eigenvalue weighted by Gasteiger charge is 2.30. The van der Waals surface area contributed by atoms with Gasteiger partial charge in [-0.3, -0.25) is 0 Å². The van der Waals surface area contributed by atoms with Crippen molar-refractivity contribution >= 4 is 21.7 Å². The van der Waals surface area contributed by atoms with Gasteiger partial charge in [0.2, 0.25) is 0 Å². The van der Waals surface area contributed by atoms with Crippen molar-refractivity contribution in [2.45, 2.75) is 6.42 Å². The fraction of sp³-hybridized carbons (Fsp3) is 0.0400. The van der Waals surface area contributed by atoms with Crippen molar-refractivity contribution in [2.75, 3.05) is 0 Å². The average Bonchev–Trinajstić information content (AvgIpc) is 3.24. The lowest BCUT2D eigenvalue weighted by molar-refractivity contribution is 1.14. The molecular weight excluding hydrogens is 314 g/mol. The molecule has 0 saturated carbocycles. The molecule has 0 atom stereocenters. The third kappa shape index (κ3) is 1.36. The molecule has 0 amide bonds. The van der Waals surface area contributed by atoms with E-state index in [-0.39, 0.29) is 0 Å². The lowest BCUT2D eigenvalue weighted by atomic mass is 9.90. The fourth-order valence-corrected chi connectivity index (χ4v) is 5.10. The van der Waals surface area contributed by atoms with E-state index >= 15 is 0 Å². The van der Waals surface area contributed by atoms with Crippen LogP contribution in [-0.4, -0.2) is 4.57 Å². The Balaban J connectivity index is 1.83. The van der Waals surface area contributed by atoms with E-state index in [0.29, 0.717) is 0 Å². The first-order chi connectivity index (χ1) is 12.9. The lowest BCUT2D eigenvalue weighted by Crippen LogP contribution is -1.96. The predicted molar refractivity (Wildman–Crippen MR) is 108 cm³/mol. The number of nitrogens with zero attached hydrogens (tertiary/aromatic N) is 1. The Hall–Kier alpha value is -3.32.